The summed E-state index contributed by atoms with van der Waals surface area (Å²) >= 11 is 0. The fourth-order valence-corrected chi connectivity index (χ4v) is 2.62. The molecule has 3 rings (SSSR count). The standard InChI is InChI=1S/C13H19N5.ClH/c1-10(14)11-3-6-17(7-11)8-12-9-18-5-2-4-15-13(18)16-12;/h2,4-5,9-11H,3,6-8,14H2,1H3;1H. The fraction of sp³-hybridized carbons (Fsp3) is 0.538. The van der Waals surface area contributed by atoms with Crippen molar-refractivity contribution < 1.29 is 0 Å². The first kappa shape index (κ1) is 14.2. The third-order valence-corrected chi connectivity index (χ3v) is 3.72. The topological polar surface area (TPSA) is 59.5 Å². The second-order valence-electron chi connectivity index (χ2n) is 5.20. The number of nitrogens with zero attached hydrogens (tertiary/aromatic N) is 4. The van der Waals surface area contributed by atoms with Gasteiger partial charge in [-0.2, -0.15) is 0 Å². The van der Waals surface area contributed by atoms with Gasteiger partial charge in [0, 0.05) is 37.7 Å². The molecule has 19 heavy (non-hydrogen) atoms. The molecule has 2 unspecified atom stereocenters. The van der Waals surface area contributed by atoms with E-state index in [4.69, 9.17) is 5.73 Å². The van der Waals surface area contributed by atoms with Gasteiger partial charge in [-0.05, 0) is 31.9 Å². The molecule has 0 aliphatic carbocycles. The van der Waals surface area contributed by atoms with Crippen LogP contribution in [-0.2, 0) is 6.54 Å². The van der Waals surface area contributed by atoms with Crippen molar-refractivity contribution in [2.75, 3.05) is 13.1 Å². The Hall–Kier alpha value is -1.17. The zero-order chi connectivity index (χ0) is 12.5. The average molecular weight is 282 g/mol. The van der Waals surface area contributed by atoms with E-state index in [0.29, 0.717) is 5.92 Å². The zero-order valence-electron chi connectivity index (χ0n) is 11.1. The van der Waals surface area contributed by atoms with E-state index in [1.165, 1.54) is 6.42 Å². The smallest absolute Gasteiger partial charge is 0.233 e. The average Bonchev–Trinajstić information content (AvgIpc) is 2.94. The fourth-order valence-electron chi connectivity index (χ4n) is 2.62. The molecule has 1 saturated heterocycles. The first-order valence-corrected chi connectivity index (χ1v) is 6.49. The Kier molecular flexibility index (Phi) is 4.39. The first-order valence-electron chi connectivity index (χ1n) is 6.49. The van der Waals surface area contributed by atoms with Crippen LogP contribution in [-0.4, -0.2) is 38.4 Å². The monoisotopic (exact) mass is 281 g/mol. The molecule has 1 fully saturated rings. The van der Waals surface area contributed by atoms with Crippen LogP contribution in [0.3, 0.4) is 0 Å². The quantitative estimate of drug-likeness (QED) is 0.922. The van der Waals surface area contributed by atoms with E-state index >= 15 is 0 Å². The number of hydrogen-bond acceptors (Lipinski definition) is 4. The van der Waals surface area contributed by atoms with Gasteiger partial charge in [0.1, 0.15) is 0 Å². The highest BCUT2D eigenvalue weighted by atomic mass is 35.5. The van der Waals surface area contributed by atoms with Gasteiger partial charge >= 0.3 is 0 Å². The predicted molar refractivity (Wildman–Crippen MR) is 77.3 cm³/mol. The van der Waals surface area contributed by atoms with E-state index in [0.717, 1.165) is 31.1 Å². The van der Waals surface area contributed by atoms with Gasteiger partial charge in [-0.1, -0.05) is 0 Å². The maximum absolute atomic E-state index is 5.96. The van der Waals surface area contributed by atoms with Crippen LogP contribution >= 0.6 is 12.4 Å². The summed E-state index contributed by atoms with van der Waals surface area (Å²) in [4.78, 5) is 11.2. The number of hydrogen-bond donors (Lipinski definition) is 1. The van der Waals surface area contributed by atoms with Crippen LogP contribution in [0.1, 0.15) is 19.0 Å². The van der Waals surface area contributed by atoms with Crippen LogP contribution in [0.15, 0.2) is 24.7 Å². The molecule has 2 aromatic heterocycles. The Balaban J connectivity index is 0.00000133. The van der Waals surface area contributed by atoms with Gasteiger partial charge < -0.3 is 5.73 Å². The van der Waals surface area contributed by atoms with Gasteiger partial charge in [0.05, 0.1) is 5.69 Å². The van der Waals surface area contributed by atoms with E-state index < -0.39 is 0 Å². The summed E-state index contributed by atoms with van der Waals surface area (Å²) in [7, 11) is 0. The third kappa shape index (κ3) is 3.05. The highest BCUT2D eigenvalue weighted by Gasteiger charge is 2.25. The minimum absolute atomic E-state index is 0. The van der Waals surface area contributed by atoms with Crippen LogP contribution in [0.5, 0.6) is 0 Å². The lowest BCUT2D eigenvalue weighted by molar-refractivity contribution is 0.305. The molecule has 2 aromatic rings. The SMILES string of the molecule is CC(N)C1CCN(Cc2cn3cccnc3n2)C1.Cl. The van der Waals surface area contributed by atoms with Crippen LogP contribution in [0.4, 0.5) is 0 Å². The molecule has 2 atom stereocenters. The molecule has 0 radical (unpaired) electrons. The number of nitrogens with two attached hydrogens (primary N) is 1. The molecule has 0 amide bonds. The highest BCUT2D eigenvalue weighted by molar-refractivity contribution is 5.85. The molecule has 0 aromatic carbocycles. The van der Waals surface area contributed by atoms with Gasteiger partial charge in [-0.3, -0.25) is 9.30 Å². The molecular weight excluding hydrogens is 262 g/mol. The Morgan fingerprint density at radius 2 is 2.37 bits per heavy atom. The molecule has 6 heteroatoms. The maximum atomic E-state index is 5.96. The highest BCUT2D eigenvalue weighted by Crippen LogP contribution is 2.20. The van der Waals surface area contributed by atoms with E-state index in [2.05, 4.69) is 28.0 Å². The van der Waals surface area contributed by atoms with Crippen molar-refractivity contribution in [3.05, 3.63) is 30.4 Å². The van der Waals surface area contributed by atoms with Crippen molar-refractivity contribution in [1.29, 1.82) is 0 Å². The van der Waals surface area contributed by atoms with Gasteiger partial charge in [-0.15, -0.1) is 12.4 Å². The largest absolute Gasteiger partial charge is 0.328 e. The second kappa shape index (κ2) is 5.86. The van der Waals surface area contributed by atoms with Crippen molar-refractivity contribution >= 4 is 18.2 Å². The Labute approximate surface area is 119 Å². The van der Waals surface area contributed by atoms with Gasteiger partial charge in [-0.25, -0.2) is 9.97 Å². The van der Waals surface area contributed by atoms with Crippen molar-refractivity contribution in [3.63, 3.8) is 0 Å². The number of imidazole rings is 1. The summed E-state index contributed by atoms with van der Waals surface area (Å²) < 4.78 is 1.97. The minimum atomic E-state index is 0. The molecule has 5 nitrogen and oxygen atoms in total. The van der Waals surface area contributed by atoms with E-state index in [9.17, 15) is 0 Å². The molecule has 1 aliphatic heterocycles. The lowest BCUT2D eigenvalue weighted by atomic mass is 10.0. The second-order valence-corrected chi connectivity index (χ2v) is 5.20. The molecular formula is C13H20ClN5. The summed E-state index contributed by atoms with van der Waals surface area (Å²) in [5, 5.41) is 0. The first-order chi connectivity index (χ1) is 8.72. The molecule has 0 spiro atoms. The van der Waals surface area contributed by atoms with Crippen molar-refractivity contribution in [3.8, 4) is 0 Å². The Morgan fingerprint density at radius 1 is 1.53 bits per heavy atom. The summed E-state index contributed by atoms with van der Waals surface area (Å²) in [5.41, 5.74) is 7.04. The number of halogens is 1. The van der Waals surface area contributed by atoms with Crippen molar-refractivity contribution in [2.45, 2.75) is 25.9 Å². The number of likely N-dealkylation sites (tertiary alicyclic amines) is 1. The minimum Gasteiger partial charge on any atom is -0.328 e. The number of fused-ring (bicyclic) bond motifs is 1. The van der Waals surface area contributed by atoms with E-state index in [1.54, 1.807) is 6.20 Å². The summed E-state index contributed by atoms with van der Waals surface area (Å²) in [6.45, 7) is 5.20. The van der Waals surface area contributed by atoms with Gasteiger partial charge in [0.15, 0.2) is 0 Å². The molecule has 104 valence electrons. The lowest BCUT2D eigenvalue weighted by Crippen LogP contribution is -2.29. The number of aromatic nitrogens is 3. The molecule has 0 saturated carbocycles. The van der Waals surface area contributed by atoms with E-state index in [-0.39, 0.29) is 18.4 Å². The normalized spacial score (nSPS) is 21.5. The van der Waals surface area contributed by atoms with Gasteiger partial charge in [0.2, 0.25) is 5.78 Å². The van der Waals surface area contributed by atoms with Crippen LogP contribution in [0, 0.1) is 5.92 Å². The Bertz CT molecular complexity index is 506. The van der Waals surface area contributed by atoms with Crippen LogP contribution in [0.25, 0.3) is 5.78 Å². The molecule has 1 aliphatic rings. The summed E-state index contributed by atoms with van der Waals surface area (Å²) in [6, 6.07) is 2.21. The Morgan fingerprint density at radius 3 is 3.05 bits per heavy atom. The maximum Gasteiger partial charge on any atom is 0.233 e. The third-order valence-electron chi connectivity index (χ3n) is 3.72. The van der Waals surface area contributed by atoms with Crippen molar-refractivity contribution in [2.24, 2.45) is 11.7 Å². The molecule has 2 N–H and O–H groups in total. The van der Waals surface area contributed by atoms with Crippen LogP contribution in [0.2, 0.25) is 0 Å². The molecule has 0 bridgehead atoms. The van der Waals surface area contributed by atoms with Gasteiger partial charge in [0.25, 0.3) is 0 Å². The summed E-state index contributed by atoms with van der Waals surface area (Å²) in [5.74, 6) is 1.40. The van der Waals surface area contributed by atoms with E-state index in [1.807, 2.05) is 16.7 Å². The van der Waals surface area contributed by atoms with Crippen LogP contribution < -0.4 is 5.73 Å². The van der Waals surface area contributed by atoms with Crippen molar-refractivity contribution in [1.82, 2.24) is 19.3 Å². The number of rotatable bonds is 3. The molecule has 3 heterocycles. The lowest BCUT2D eigenvalue weighted by Gasteiger charge is -2.16. The summed E-state index contributed by atoms with van der Waals surface area (Å²) in [6.07, 6.45) is 7.01. The zero-order valence-corrected chi connectivity index (χ0v) is 11.9. The predicted octanol–water partition coefficient (Wildman–Crippen LogP) is 1.32.